The van der Waals surface area contributed by atoms with Crippen molar-refractivity contribution in [1.82, 2.24) is 20.5 Å². The molecule has 4 amide bonds. The molecule has 3 rings (SSSR count). The van der Waals surface area contributed by atoms with Gasteiger partial charge in [0, 0.05) is 30.7 Å². The average Bonchev–Trinajstić information content (AvgIpc) is 3.52. The maximum atomic E-state index is 13.6. The van der Waals surface area contributed by atoms with Gasteiger partial charge in [0.25, 0.3) is 0 Å². The lowest BCUT2D eigenvalue weighted by Crippen LogP contribution is -2.59. The number of nitrogens with one attached hydrogen (secondary N) is 2. The minimum Gasteiger partial charge on any atom is -0.450 e. The van der Waals surface area contributed by atoms with Crippen molar-refractivity contribution in [2.75, 3.05) is 13.2 Å². The van der Waals surface area contributed by atoms with Gasteiger partial charge in [-0.3, -0.25) is 14.4 Å². The highest BCUT2D eigenvalue weighted by Gasteiger charge is 2.44. The number of aliphatic hydroxyl groups is 1. The first-order chi connectivity index (χ1) is 19.4. The van der Waals surface area contributed by atoms with Crippen molar-refractivity contribution in [3.05, 3.63) is 41.0 Å². The normalized spacial score (nSPS) is 17.6. The summed E-state index contributed by atoms with van der Waals surface area (Å²) in [6, 6.07) is 5.93. The molecule has 1 aromatic heterocycles. The zero-order valence-electron chi connectivity index (χ0n) is 23.6. The van der Waals surface area contributed by atoms with Crippen molar-refractivity contribution < 1.29 is 29.0 Å². The van der Waals surface area contributed by atoms with Crippen LogP contribution in [0.5, 0.6) is 0 Å². The number of nitrogens with two attached hydrogens (primary N) is 1. The van der Waals surface area contributed by atoms with Crippen molar-refractivity contribution in [3.63, 3.8) is 0 Å². The number of primary amides is 1. The Labute approximate surface area is 249 Å². The van der Waals surface area contributed by atoms with E-state index >= 15 is 0 Å². The molecule has 41 heavy (non-hydrogen) atoms. The number of hydrogen-bond donors (Lipinski definition) is 5. The van der Waals surface area contributed by atoms with Crippen LogP contribution in [0.15, 0.2) is 29.8 Å². The van der Waals surface area contributed by atoms with Crippen molar-refractivity contribution >= 4 is 47.8 Å². The average molecular weight is 606 g/mol. The first-order valence-electron chi connectivity index (χ1n) is 13.6. The Morgan fingerprint density at radius 2 is 1.93 bits per heavy atom. The fraction of sp³-hybridized carbons (Fsp3) is 0.536. The number of rotatable bonds is 13. The van der Waals surface area contributed by atoms with E-state index in [-0.39, 0.29) is 44.4 Å². The molecule has 2 aromatic rings. The van der Waals surface area contributed by atoms with E-state index in [0.29, 0.717) is 19.3 Å². The molecule has 3 atom stereocenters. The van der Waals surface area contributed by atoms with Crippen LogP contribution in [0.1, 0.15) is 57.2 Å². The quantitative estimate of drug-likeness (QED) is 0.173. The maximum Gasteiger partial charge on any atom is 0.404 e. The lowest BCUT2D eigenvalue weighted by atomic mass is 10.00. The Bertz CT molecular complexity index is 1210. The van der Waals surface area contributed by atoms with Crippen LogP contribution in [0.2, 0.25) is 0 Å². The molecule has 11 nitrogen and oxygen atoms in total. The van der Waals surface area contributed by atoms with Gasteiger partial charge in [-0.1, -0.05) is 24.3 Å². The van der Waals surface area contributed by atoms with Crippen LogP contribution >= 0.6 is 24.0 Å². The summed E-state index contributed by atoms with van der Waals surface area (Å²) in [6.07, 6.45) is 0.294. The Hall–Kier alpha value is -3.16. The first-order valence-corrected chi connectivity index (χ1v) is 14.9. The fourth-order valence-electron chi connectivity index (χ4n) is 4.64. The number of aryl methyl sites for hydroxylation is 1. The predicted octanol–water partition coefficient (Wildman–Crippen LogP) is 2.55. The van der Waals surface area contributed by atoms with Gasteiger partial charge in [0.05, 0.1) is 28.8 Å². The summed E-state index contributed by atoms with van der Waals surface area (Å²) < 4.78 is 3.74. The molecule has 1 aliphatic rings. The maximum absolute atomic E-state index is 13.6. The molecular weight excluding hydrogens is 566 g/mol. The number of likely N-dealkylation sites (tertiary alicyclic amines) is 1. The highest BCUT2D eigenvalue weighted by molar-refractivity contribution is 7.81. The van der Waals surface area contributed by atoms with Crippen LogP contribution in [0.25, 0.3) is 10.4 Å². The van der Waals surface area contributed by atoms with E-state index < -0.39 is 34.9 Å². The third-order valence-corrected chi connectivity index (χ3v) is 8.08. The number of ether oxygens (including phenoxy) is 1. The summed E-state index contributed by atoms with van der Waals surface area (Å²) in [6.45, 7) is 5.80. The Kier molecular flexibility index (Phi) is 11.6. The minimum absolute atomic E-state index is 0.0179. The number of β-amino-alcohol motifs (C(OH)–C–C–N with tert-alkyl or cyclic N) is 1. The van der Waals surface area contributed by atoms with Gasteiger partial charge in [0.2, 0.25) is 17.7 Å². The zero-order valence-corrected chi connectivity index (χ0v) is 25.3. The summed E-state index contributed by atoms with van der Waals surface area (Å²) in [5.74, 6) is -1.19. The van der Waals surface area contributed by atoms with E-state index in [1.807, 2.05) is 31.2 Å². The van der Waals surface area contributed by atoms with Crippen molar-refractivity contribution in [3.8, 4) is 10.4 Å². The third kappa shape index (κ3) is 9.44. The molecule has 0 spiro atoms. The van der Waals surface area contributed by atoms with Gasteiger partial charge in [-0.2, -0.15) is 12.6 Å². The fourth-order valence-corrected chi connectivity index (χ4v) is 5.63. The lowest BCUT2D eigenvalue weighted by Gasteiger charge is -2.34. The van der Waals surface area contributed by atoms with E-state index in [4.69, 9.17) is 5.73 Å². The summed E-state index contributed by atoms with van der Waals surface area (Å²) in [7, 11) is 0. The molecule has 1 aliphatic heterocycles. The zero-order chi connectivity index (χ0) is 30.2. The number of benzene rings is 1. The topological polar surface area (TPSA) is 164 Å². The monoisotopic (exact) mass is 605 g/mol. The number of carbonyl (C=O) groups excluding carboxylic acids is 4. The molecule has 0 aliphatic carbocycles. The second-order valence-electron chi connectivity index (χ2n) is 10.7. The number of amides is 4. The van der Waals surface area contributed by atoms with Gasteiger partial charge < -0.3 is 31.1 Å². The summed E-state index contributed by atoms with van der Waals surface area (Å²) in [5, 5.41) is 16.0. The van der Waals surface area contributed by atoms with Gasteiger partial charge in [-0.25, -0.2) is 9.78 Å². The molecule has 0 radical (unpaired) electrons. The molecule has 1 saturated heterocycles. The largest absolute Gasteiger partial charge is 0.450 e. The molecule has 1 fully saturated rings. The van der Waals surface area contributed by atoms with E-state index in [2.05, 4.69) is 33.0 Å². The van der Waals surface area contributed by atoms with Crippen molar-refractivity contribution in [1.29, 1.82) is 0 Å². The second kappa shape index (κ2) is 14.6. The van der Waals surface area contributed by atoms with Crippen LogP contribution in [0.4, 0.5) is 4.79 Å². The molecular formula is C28H39N5O6S2. The number of thiol groups is 1. The Balaban J connectivity index is 1.58. The van der Waals surface area contributed by atoms with Gasteiger partial charge in [0.1, 0.15) is 12.1 Å². The molecule has 224 valence electrons. The molecule has 1 aromatic carbocycles. The second-order valence-corrected chi connectivity index (χ2v) is 12.7. The number of nitrogens with zero attached hydrogens (tertiary/aromatic N) is 2. The van der Waals surface area contributed by atoms with Crippen LogP contribution in [-0.2, 0) is 25.7 Å². The summed E-state index contributed by atoms with van der Waals surface area (Å²) in [5.41, 5.74) is 9.64. The Morgan fingerprint density at radius 1 is 1.22 bits per heavy atom. The van der Waals surface area contributed by atoms with E-state index in [0.717, 1.165) is 21.7 Å². The van der Waals surface area contributed by atoms with Crippen molar-refractivity contribution in [2.45, 2.75) is 82.4 Å². The highest BCUT2D eigenvalue weighted by atomic mass is 32.1. The SMILES string of the molecule is Cc1ncsc1-c1ccc(CNC(=O)[C@@H]2C[C@@H](O)CN2C(=O)C(NC(=O)CCCCCOC(N)=O)C(C)(C)S)cc1. The number of aliphatic hydroxyl groups excluding tert-OH is 1. The molecule has 2 heterocycles. The number of thiazole rings is 1. The first kappa shape index (κ1) is 32.4. The number of hydrogen-bond acceptors (Lipinski definition) is 9. The van der Waals surface area contributed by atoms with Crippen LogP contribution in [-0.4, -0.2) is 74.9 Å². The van der Waals surface area contributed by atoms with Gasteiger partial charge in [-0.05, 0) is 51.2 Å². The van der Waals surface area contributed by atoms with Gasteiger partial charge in [-0.15, -0.1) is 11.3 Å². The molecule has 5 N–H and O–H groups in total. The standard InChI is InChI=1S/C28H39N5O6S2/c1-17-23(41-16-31-17)19-10-8-18(9-11-19)14-30-25(36)21-13-20(34)15-33(21)26(37)24(28(2,3)40)32-22(35)7-5-4-6-12-39-27(29)38/h8-11,16,20-21,24,34,40H,4-7,12-15H2,1-3H3,(H2,29,38)(H,30,36)(H,32,35)/t20-,21+,24?/m1/s1. The van der Waals surface area contributed by atoms with E-state index in [1.165, 1.54) is 4.90 Å². The van der Waals surface area contributed by atoms with Crippen LogP contribution in [0.3, 0.4) is 0 Å². The smallest absolute Gasteiger partial charge is 0.404 e. The van der Waals surface area contributed by atoms with Gasteiger partial charge in [0.15, 0.2) is 0 Å². The molecule has 1 unspecified atom stereocenters. The highest BCUT2D eigenvalue weighted by Crippen LogP contribution is 2.28. The van der Waals surface area contributed by atoms with E-state index in [9.17, 15) is 24.3 Å². The van der Waals surface area contributed by atoms with Crippen LogP contribution < -0.4 is 16.4 Å². The summed E-state index contributed by atoms with van der Waals surface area (Å²) >= 11 is 6.12. The minimum atomic E-state index is -1.01. The van der Waals surface area contributed by atoms with Gasteiger partial charge >= 0.3 is 6.09 Å². The lowest BCUT2D eigenvalue weighted by molar-refractivity contribution is -0.142. The molecule has 0 bridgehead atoms. The van der Waals surface area contributed by atoms with E-state index in [1.54, 1.807) is 30.7 Å². The van der Waals surface area contributed by atoms with Crippen LogP contribution in [0, 0.1) is 6.92 Å². The summed E-state index contributed by atoms with van der Waals surface area (Å²) in [4.78, 5) is 56.8. The number of unbranched alkanes of at least 4 members (excludes halogenated alkanes) is 2. The Morgan fingerprint density at radius 3 is 2.54 bits per heavy atom. The molecule has 13 heteroatoms. The number of aromatic nitrogens is 1. The third-order valence-electron chi connectivity index (χ3n) is 6.84. The molecule has 0 saturated carbocycles. The predicted molar refractivity (Wildman–Crippen MR) is 159 cm³/mol. The number of carbonyl (C=O) groups is 4. The van der Waals surface area contributed by atoms with Crippen molar-refractivity contribution in [2.24, 2.45) is 5.73 Å².